The molecule has 0 amide bonds. The van der Waals surface area contributed by atoms with Crippen LogP contribution in [0.5, 0.6) is 0 Å². The van der Waals surface area contributed by atoms with E-state index in [0.29, 0.717) is 40.0 Å². The van der Waals surface area contributed by atoms with Gasteiger partial charge in [0.15, 0.2) is 0 Å². The zero-order valence-electron chi connectivity index (χ0n) is 27.6. The Morgan fingerprint density at radius 3 is 2.63 bits per heavy atom. The number of rotatable bonds is 7. The second kappa shape index (κ2) is 12.6. The van der Waals surface area contributed by atoms with E-state index in [-0.39, 0.29) is 22.5 Å². The molecule has 0 bridgehead atoms. The molecule has 12 nitrogen and oxygen atoms in total. The minimum absolute atomic E-state index is 0.144. The number of anilines is 3. The van der Waals surface area contributed by atoms with Gasteiger partial charge >= 0.3 is 0 Å². The molecule has 0 unspecified atom stereocenters. The minimum Gasteiger partial charge on any atom is -0.392 e. The number of hydrogen-bond acceptors (Lipinski definition) is 9. The summed E-state index contributed by atoms with van der Waals surface area (Å²) in [6.07, 6.45) is 8.01. The van der Waals surface area contributed by atoms with Gasteiger partial charge in [0.1, 0.15) is 17.3 Å². The first-order valence-electron chi connectivity index (χ1n) is 16.9. The Morgan fingerprint density at radius 1 is 1.04 bits per heavy atom. The number of aryl methyl sites for hydroxylation is 3. The fourth-order valence-electron chi connectivity index (χ4n) is 7.51. The standard InChI is InChI=1S/C36H39FN8O4/c1-22-17-42(27-20-49-21-27)9-10-43(22)26-6-7-34(38-15-26)40-31-11-23(18-41(2)36(31)48)28-12-24(37)13-32(30(28)19-46)45-35(47)29-14-25-5-3-4-8-44(25)33(29)16-39-45/h6-7,11-16,18,22,27,46H,3-5,8-10,17,19-21H2,1-2H3,(H,38,40)/t22-/m0/s1. The number of nitrogens with one attached hydrogen (secondary N) is 1. The van der Waals surface area contributed by atoms with Crippen molar-refractivity contribution in [2.75, 3.05) is 43.1 Å². The van der Waals surface area contributed by atoms with Gasteiger partial charge in [-0.05, 0) is 62.1 Å². The highest BCUT2D eigenvalue weighted by molar-refractivity contribution is 5.80. The van der Waals surface area contributed by atoms with Gasteiger partial charge in [0.2, 0.25) is 0 Å². The van der Waals surface area contributed by atoms with Crippen molar-refractivity contribution in [1.29, 1.82) is 0 Å². The van der Waals surface area contributed by atoms with Crippen LogP contribution < -0.4 is 21.3 Å². The molecule has 0 spiro atoms. The van der Waals surface area contributed by atoms with E-state index in [0.717, 1.165) is 80.2 Å². The zero-order valence-corrected chi connectivity index (χ0v) is 27.6. The Balaban J connectivity index is 1.10. The number of benzene rings is 1. The largest absolute Gasteiger partial charge is 0.392 e. The number of piperazine rings is 1. The fourth-order valence-corrected chi connectivity index (χ4v) is 7.51. The SMILES string of the molecule is C[C@H]1CN(C2COC2)CCN1c1ccc(Nc2cc(-c3cc(F)cc(-n4ncc5c(cc6n5CCCC6)c4=O)c3CO)cn(C)c2=O)nc1. The summed E-state index contributed by atoms with van der Waals surface area (Å²) in [5, 5.41) is 18.7. The van der Waals surface area contributed by atoms with Crippen molar-refractivity contribution in [3.8, 4) is 16.8 Å². The van der Waals surface area contributed by atoms with Crippen LogP contribution in [0.3, 0.4) is 0 Å². The molecule has 49 heavy (non-hydrogen) atoms. The number of hydrogen-bond donors (Lipinski definition) is 2. The Hall–Kier alpha value is -4.85. The predicted molar refractivity (Wildman–Crippen MR) is 185 cm³/mol. The van der Waals surface area contributed by atoms with Gasteiger partial charge in [0, 0.05) is 68.4 Å². The van der Waals surface area contributed by atoms with E-state index in [1.807, 2.05) is 18.2 Å². The molecule has 254 valence electrons. The first-order valence-corrected chi connectivity index (χ1v) is 16.9. The third-order valence-electron chi connectivity index (χ3n) is 10.2. The van der Waals surface area contributed by atoms with Crippen LogP contribution in [0.15, 0.2) is 64.6 Å². The summed E-state index contributed by atoms with van der Waals surface area (Å²) in [7, 11) is 1.61. The quantitative estimate of drug-likeness (QED) is 0.269. The van der Waals surface area contributed by atoms with Gasteiger partial charge in [-0.1, -0.05) is 0 Å². The summed E-state index contributed by atoms with van der Waals surface area (Å²) in [6, 6.07) is 10.7. The summed E-state index contributed by atoms with van der Waals surface area (Å²) in [6.45, 7) is 6.98. The molecule has 1 aromatic carbocycles. The summed E-state index contributed by atoms with van der Waals surface area (Å²) < 4.78 is 25.4. The molecule has 2 N–H and O–H groups in total. The second-order valence-corrected chi connectivity index (χ2v) is 13.3. The Bertz CT molecular complexity index is 2170. The molecule has 7 heterocycles. The number of aliphatic hydroxyl groups excluding tert-OH is 1. The molecule has 2 saturated heterocycles. The maximum absolute atomic E-state index is 15.3. The predicted octanol–water partition coefficient (Wildman–Crippen LogP) is 3.57. The van der Waals surface area contributed by atoms with Crippen LogP contribution in [0.4, 0.5) is 21.6 Å². The molecule has 13 heteroatoms. The lowest BCUT2D eigenvalue weighted by Crippen LogP contribution is -2.59. The van der Waals surface area contributed by atoms with Crippen LogP contribution in [-0.4, -0.2) is 78.8 Å². The number of pyridine rings is 2. The lowest BCUT2D eigenvalue weighted by atomic mass is 9.99. The summed E-state index contributed by atoms with van der Waals surface area (Å²) in [5.74, 6) is -0.124. The molecular weight excluding hydrogens is 627 g/mol. The number of fused-ring (bicyclic) bond motifs is 3. The monoisotopic (exact) mass is 666 g/mol. The van der Waals surface area contributed by atoms with E-state index < -0.39 is 12.4 Å². The Labute approximate surface area is 282 Å². The highest BCUT2D eigenvalue weighted by Gasteiger charge is 2.32. The van der Waals surface area contributed by atoms with E-state index in [9.17, 15) is 14.7 Å². The smallest absolute Gasteiger partial charge is 0.280 e. The first-order chi connectivity index (χ1) is 23.8. The van der Waals surface area contributed by atoms with Crippen LogP contribution in [-0.2, 0) is 31.4 Å². The van der Waals surface area contributed by atoms with Crippen LogP contribution in [0.1, 0.15) is 31.0 Å². The van der Waals surface area contributed by atoms with E-state index in [4.69, 9.17) is 4.74 Å². The van der Waals surface area contributed by atoms with Crippen molar-refractivity contribution >= 4 is 28.1 Å². The van der Waals surface area contributed by atoms with Crippen molar-refractivity contribution in [3.63, 3.8) is 0 Å². The van der Waals surface area contributed by atoms with Crippen molar-refractivity contribution in [3.05, 3.63) is 92.8 Å². The third-order valence-corrected chi connectivity index (χ3v) is 10.2. The molecule has 5 aromatic rings. The van der Waals surface area contributed by atoms with Gasteiger partial charge in [-0.2, -0.15) is 9.78 Å². The molecule has 8 rings (SSSR count). The zero-order chi connectivity index (χ0) is 33.8. The average Bonchev–Trinajstić information content (AvgIpc) is 3.46. The summed E-state index contributed by atoms with van der Waals surface area (Å²) in [4.78, 5) is 36.4. The summed E-state index contributed by atoms with van der Waals surface area (Å²) >= 11 is 0. The van der Waals surface area contributed by atoms with E-state index >= 15 is 4.39 Å². The van der Waals surface area contributed by atoms with Crippen molar-refractivity contribution in [2.45, 2.75) is 51.4 Å². The minimum atomic E-state index is -0.608. The van der Waals surface area contributed by atoms with Crippen LogP contribution in [0, 0.1) is 5.82 Å². The lowest BCUT2D eigenvalue weighted by Gasteiger charge is -2.46. The molecule has 0 saturated carbocycles. The number of ether oxygens (including phenoxy) is 1. The molecule has 4 aromatic heterocycles. The molecular formula is C36H39FN8O4. The maximum Gasteiger partial charge on any atom is 0.280 e. The van der Waals surface area contributed by atoms with Crippen molar-refractivity contribution < 1.29 is 14.2 Å². The molecule has 1 atom stereocenters. The second-order valence-electron chi connectivity index (χ2n) is 13.3. The maximum atomic E-state index is 15.3. The van der Waals surface area contributed by atoms with Crippen LogP contribution in [0.2, 0.25) is 0 Å². The number of aliphatic hydroxyl groups is 1. The first kappa shape index (κ1) is 31.4. The van der Waals surface area contributed by atoms with Gasteiger partial charge in [-0.25, -0.2) is 9.37 Å². The normalized spacial score (nSPS) is 18.4. The Kier molecular flexibility index (Phi) is 8.05. The lowest BCUT2D eigenvalue weighted by molar-refractivity contribution is -0.0691. The molecule has 3 aliphatic rings. The molecule has 0 aliphatic carbocycles. The van der Waals surface area contributed by atoms with Crippen LogP contribution >= 0.6 is 0 Å². The van der Waals surface area contributed by atoms with Gasteiger partial charge in [0.25, 0.3) is 11.1 Å². The highest BCUT2D eigenvalue weighted by Crippen LogP contribution is 2.32. The number of halogens is 1. The highest BCUT2D eigenvalue weighted by atomic mass is 19.1. The van der Waals surface area contributed by atoms with Crippen molar-refractivity contribution in [1.82, 2.24) is 28.8 Å². The van der Waals surface area contributed by atoms with Crippen molar-refractivity contribution in [2.24, 2.45) is 7.05 Å². The molecule has 0 radical (unpaired) electrons. The number of aromatic nitrogens is 5. The van der Waals surface area contributed by atoms with Gasteiger partial charge in [-0.3, -0.25) is 14.5 Å². The average molecular weight is 667 g/mol. The molecule has 2 fully saturated rings. The van der Waals surface area contributed by atoms with E-state index in [1.54, 1.807) is 31.7 Å². The van der Waals surface area contributed by atoms with Gasteiger partial charge < -0.3 is 29.2 Å². The fraction of sp³-hybridized carbons (Fsp3) is 0.389. The van der Waals surface area contributed by atoms with E-state index in [1.165, 1.54) is 16.7 Å². The third kappa shape index (κ3) is 5.61. The van der Waals surface area contributed by atoms with Crippen LogP contribution in [0.25, 0.3) is 27.7 Å². The molecule has 3 aliphatic heterocycles. The van der Waals surface area contributed by atoms with Gasteiger partial charge in [0.05, 0.1) is 60.5 Å². The Morgan fingerprint density at radius 2 is 1.90 bits per heavy atom. The van der Waals surface area contributed by atoms with Gasteiger partial charge in [-0.15, -0.1) is 0 Å². The topological polar surface area (TPSA) is 123 Å². The summed E-state index contributed by atoms with van der Waals surface area (Å²) in [5.41, 5.74) is 3.66. The number of nitrogens with zero attached hydrogens (tertiary/aromatic N) is 7. The van der Waals surface area contributed by atoms with E-state index in [2.05, 4.69) is 36.7 Å².